The number of nitrogens with one attached hydrogen (secondary N) is 1. The van der Waals surface area contributed by atoms with Gasteiger partial charge in [-0.2, -0.15) is 0 Å². The van der Waals surface area contributed by atoms with Gasteiger partial charge in [0.15, 0.2) is 0 Å². The smallest absolute Gasteiger partial charge is 0.150 e. The van der Waals surface area contributed by atoms with Gasteiger partial charge in [-0.1, -0.05) is 13.0 Å². The van der Waals surface area contributed by atoms with Crippen molar-refractivity contribution in [3.8, 4) is 5.75 Å². The van der Waals surface area contributed by atoms with Gasteiger partial charge in [-0.15, -0.1) is 0 Å². The Morgan fingerprint density at radius 3 is 2.65 bits per heavy atom. The van der Waals surface area contributed by atoms with Gasteiger partial charge in [0.05, 0.1) is 18.1 Å². The van der Waals surface area contributed by atoms with Crippen LogP contribution in [-0.4, -0.2) is 26.5 Å². The first-order chi connectivity index (χ1) is 9.46. The lowest BCUT2D eigenvalue weighted by atomic mass is 9.85. The Bertz CT molecular complexity index is 596. The lowest BCUT2D eigenvalue weighted by molar-refractivity contribution is 0.149. The molecule has 0 bridgehead atoms. The minimum absolute atomic E-state index is 0.0252. The van der Waals surface area contributed by atoms with Gasteiger partial charge < -0.3 is 10.1 Å². The van der Waals surface area contributed by atoms with Crippen LogP contribution in [0.5, 0.6) is 5.75 Å². The van der Waals surface area contributed by atoms with Gasteiger partial charge in [0.25, 0.3) is 0 Å². The Hall–Kier alpha value is -1.07. The van der Waals surface area contributed by atoms with Crippen molar-refractivity contribution in [1.82, 2.24) is 5.32 Å². The van der Waals surface area contributed by atoms with Crippen molar-refractivity contribution in [2.24, 2.45) is 5.41 Å². The topological polar surface area (TPSA) is 55.4 Å². The van der Waals surface area contributed by atoms with Crippen LogP contribution < -0.4 is 10.1 Å². The Morgan fingerprint density at radius 2 is 1.90 bits per heavy atom. The maximum Gasteiger partial charge on any atom is 0.150 e. The summed E-state index contributed by atoms with van der Waals surface area (Å²) < 4.78 is 28.9. The number of fused-ring (bicyclic) bond motifs is 1. The zero-order valence-corrected chi connectivity index (χ0v) is 12.6. The van der Waals surface area contributed by atoms with E-state index in [0.717, 1.165) is 18.8 Å². The molecule has 20 heavy (non-hydrogen) atoms. The zero-order chi connectivity index (χ0) is 14.2. The van der Waals surface area contributed by atoms with E-state index in [0.29, 0.717) is 31.0 Å². The molecule has 0 aromatic heterocycles. The average Bonchev–Trinajstić information content (AvgIpc) is 2.88. The van der Waals surface area contributed by atoms with Crippen molar-refractivity contribution in [3.63, 3.8) is 0 Å². The van der Waals surface area contributed by atoms with Gasteiger partial charge in [-0.3, -0.25) is 0 Å². The van der Waals surface area contributed by atoms with Gasteiger partial charge in [0.2, 0.25) is 0 Å². The van der Waals surface area contributed by atoms with E-state index >= 15 is 0 Å². The maximum absolute atomic E-state index is 11.5. The molecule has 0 atom stereocenters. The van der Waals surface area contributed by atoms with E-state index in [1.54, 1.807) is 0 Å². The van der Waals surface area contributed by atoms with Crippen LogP contribution in [0.2, 0.25) is 0 Å². The standard InChI is InChI=1S/C15H21NO3S/c1-15(4-6-20(17,18)7-5-15)11-19-14-3-2-12-9-16-10-13(12)8-14/h2-3,8,16H,4-7,9-11H2,1H3. The third-order valence-corrected chi connectivity index (χ3v) is 6.08. The fourth-order valence-electron chi connectivity index (χ4n) is 2.79. The minimum Gasteiger partial charge on any atom is -0.493 e. The highest BCUT2D eigenvalue weighted by molar-refractivity contribution is 7.91. The number of benzene rings is 1. The summed E-state index contributed by atoms with van der Waals surface area (Å²) in [5.41, 5.74) is 2.62. The second-order valence-electron chi connectivity index (χ2n) is 6.29. The Labute approximate surface area is 120 Å². The summed E-state index contributed by atoms with van der Waals surface area (Å²) in [5, 5.41) is 3.31. The minimum atomic E-state index is -2.81. The van der Waals surface area contributed by atoms with E-state index < -0.39 is 9.84 Å². The molecular formula is C15H21NO3S. The second-order valence-corrected chi connectivity index (χ2v) is 8.59. The van der Waals surface area contributed by atoms with Crippen LogP contribution in [0.1, 0.15) is 30.9 Å². The summed E-state index contributed by atoms with van der Waals surface area (Å²) >= 11 is 0. The molecule has 0 saturated carbocycles. The molecule has 2 aliphatic heterocycles. The molecule has 1 aromatic carbocycles. The van der Waals surface area contributed by atoms with Gasteiger partial charge >= 0.3 is 0 Å². The molecule has 110 valence electrons. The zero-order valence-electron chi connectivity index (χ0n) is 11.8. The van der Waals surface area contributed by atoms with E-state index in [2.05, 4.69) is 24.4 Å². The first-order valence-corrected chi connectivity index (χ1v) is 8.94. The van der Waals surface area contributed by atoms with Crippen molar-refractivity contribution in [1.29, 1.82) is 0 Å². The van der Waals surface area contributed by atoms with Crippen LogP contribution in [0, 0.1) is 5.41 Å². The van der Waals surface area contributed by atoms with Crippen molar-refractivity contribution < 1.29 is 13.2 Å². The number of ether oxygens (including phenoxy) is 1. The summed E-state index contributed by atoms with van der Waals surface area (Å²) in [6, 6.07) is 6.21. The molecule has 5 heteroatoms. The highest BCUT2D eigenvalue weighted by atomic mass is 32.2. The Balaban J connectivity index is 1.62. The van der Waals surface area contributed by atoms with Crippen LogP contribution in [0.4, 0.5) is 0 Å². The Kier molecular flexibility index (Phi) is 3.50. The van der Waals surface area contributed by atoms with Crippen LogP contribution in [0.25, 0.3) is 0 Å². The van der Waals surface area contributed by atoms with Crippen LogP contribution in [0.3, 0.4) is 0 Å². The molecule has 0 aliphatic carbocycles. The highest BCUT2D eigenvalue weighted by Gasteiger charge is 2.34. The quantitative estimate of drug-likeness (QED) is 0.925. The molecule has 3 rings (SSSR count). The summed E-state index contributed by atoms with van der Waals surface area (Å²) in [7, 11) is -2.81. The number of sulfone groups is 1. The molecule has 0 spiro atoms. The van der Waals surface area contributed by atoms with Gasteiger partial charge in [-0.05, 0) is 36.1 Å². The van der Waals surface area contributed by atoms with Crippen LogP contribution >= 0.6 is 0 Å². The SMILES string of the molecule is CC1(COc2ccc3c(c2)CNC3)CCS(=O)(=O)CC1. The molecule has 1 fully saturated rings. The molecule has 4 nitrogen and oxygen atoms in total. The lowest BCUT2D eigenvalue weighted by Gasteiger charge is -2.33. The van der Waals surface area contributed by atoms with Crippen molar-refractivity contribution in [3.05, 3.63) is 29.3 Å². The molecule has 1 aromatic rings. The first kappa shape index (κ1) is 13.9. The van der Waals surface area contributed by atoms with E-state index in [9.17, 15) is 8.42 Å². The summed E-state index contributed by atoms with van der Waals surface area (Å²) in [4.78, 5) is 0. The summed E-state index contributed by atoms with van der Waals surface area (Å²) in [5.74, 6) is 1.48. The maximum atomic E-state index is 11.5. The van der Waals surface area contributed by atoms with Crippen LogP contribution in [-0.2, 0) is 22.9 Å². The van der Waals surface area contributed by atoms with Gasteiger partial charge in [0.1, 0.15) is 15.6 Å². The van der Waals surface area contributed by atoms with E-state index in [1.807, 2.05) is 6.07 Å². The van der Waals surface area contributed by atoms with E-state index in [-0.39, 0.29) is 5.41 Å². The number of rotatable bonds is 3. The molecule has 0 radical (unpaired) electrons. The normalized spacial score (nSPS) is 23.2. The van der Waals surface area contributed by atoms with Crippen molar-refractivity contribution >= 4 is 9.84 Å². The van der Waals surface area contributed by atoms with Gasteiger partial charge in [0, 0.05) is 18.5 Å². The van der Waals surface area contributed by atoms with E-state index in [4.69, 9.17) is 4.74 Å². The van der Waals surface area contributed by atoms with Crippen molar-refractivity contribution in [2.75, 3.05) is 18.1 Å². The number of hydrogen-bond acceptors (Lipinski definition) is 4. The van der Waals surface area contributed by atoms with Crippen molar-refractivity contribution in [2.45, 2.75) is 32.9 Å². The molecule has 1 N–H and O–H groups in total. The molecule has 2 aliphatic rings. The second kappa shape index (κ2) is 5.04. The molecule has 0 amide bonds. The monoisotopic (exact) mass is 295 g/mol. The molecule has 1 saturated heterocycles. The predicted octanol–water partition coefficient (Wildman–Crippen LogP) is 1.88. The predicted molar refractivity (Wildman–Crippen MR) is 78.5 cm³/mol. The molecule has 0 unspecified atom stereocenters. The fraction of sp³-hybridized carbons (Fsp3) is 0.600. The Morgan fingerprint density at radius 1 is 1.20 bits per heavy atom. The summed E-state index contributed by atoms with van der Waals surface area (Å²) in [6.45, 7) is 4.55. The molecule has 2 heterocycles. The van der Waals surface area contributed by atoms with E-state index in [1.165, 1.54) is 11.1 Å². The van der Waals surface area contributed by atoms with Crippen LogP contribution in [0.15, 0.2) is 18.2 Å². The average molecular weight is 295 g/mol. The summed E-state index contributed by atoms with van der Waals surface area (Å²) in [6.07, 6.45) is 1.39. The highest BCUT2D eigenvalue weighted by Crippen LogP contribution is 2.33. The number of hydrogen-bond donors (Lipinski definition) is 1. The third kappa shape index (κ3) is 2.99. The fourth-order valence-corrected chi connectivity index (χ4v) is 4.61. The van der Waals surface area contributed by atoms with Gasteiger partial charge in [-0.25, -0.2) is 8.42 Å². The lowest BCUT2D eigenvalue weighted by Crippen LogP contribution is -2.35. The first-order valence-electron chi connectivity index (χ1n) is 7.12. The molecular weight excluding hydrogens is 274 g/mol. The third-order valence-electron chi connectivity index (χ3n) is 4.43. The largest absolute Gasteiger partial charge is 0.493 e.